The van der Waals surface area contributed by atoms with E-state index in [1.807, 2.05) is 0 Å². The molecule has 0 aliphatic carbocycles. The number of hydrazone groups is 1. The predicted octanol–water partition coefficient (Wildman–Crippen LogP) is 8.80. The summed E-state index contributed by atoms with van der Waals surface area (Å²) in [6.07, 6.45) is 11.1. The molecule has 7 nitrogen and oxygen atoms in total. The van der Waals surface area contributed by atoms with Crippen LogP contribution in [0.2, 0.25) is 13.3 Å². The van der Waals surface area contributed by atoms with E-state index in [4.69, 9.17) is 4.74 Å². The molecular weight excluding hydrogens is 595 g/mol. The number of aromatic amines is 1. The SMILES string of the molecule is C=Cc1[nH]c2cc(NC(=O)OC(C)(C)C)cc3c2c1C=NNC3=O.C=[CH][Sn]([CH2]CCC)([CH2]CCC)[CH2]CCC. The van der Waals surface area contributed by atoms with Gasteiger partial charge in [0.1, 0.15) is 5.60 Å². The van der Waals surface area contributed by atoms with Crippen molar-refractivity contribution < 1.29 is 14.3 Å². The number of nitrogens with one attached hydrogen (secondary N) is 3. The minimum absolute atomic E-state index is 0.350. The monoisotopic (exact) mass is 644 g/mol. The van der Waals surface area contributed by atoms with Crippen molar-refractivity contribution >= 4 is 59.3 Å². The number of carbonyl (C=O) groups is 2. The third-order valence-electron chi connectivity index (χ3n) is 6.94. The number of ether oxygens (including phenoxy) is 1. The Bertz CT molecular complexity index is 1150. The fourth-order valence-electron chi connectivity index (χ4n) is 4.83. The second-order valence-corrected chi connectivity index (χ2v) is 24.5. The molecule has 1 aromatic carbocycles. The summed E-state index contributed by atoms with van der Waals surface area (Å²) in [7, 11) is 0. The van der Waals surface area contributed by atoms with Crippen LogP contribution in [-0.2, 0) is 4.74 Å². The fraction of sp³-hybridized carbons (Fsp3) is 0.516. The number of nitrogens with zero attached hydrogens (tertiary/aromatic N) is 1. The molecule has 3 rings (SSSR count). The first-order valence-corrected chi connectivity index (χ1v) is 22.0. The van der Waals surface area contributed by atoms with E-state index >= 15 is 0 Å². The zero-order valence-corrected chi connectivity index (χ0v) is 27.7. The van der Waals surface area contributed by atoms with E-state index in [2.05, 4.69) is 58.8 Å². The number of benzene rings is 1. The average molecular weight is 643 g/mol. The normalized spacial score (nSPS) is 12.7. The molecule has 2 aromatic rings. The molecular formula is C31H48N4O3Sn. The van der Waals surface area contributed by atoms with Crippen molar-refractivity contribution in [2.45, 2.75) is 99.0 Å². The minimum atomic E-state index is -1.85. The summed E-state index contributed by atoms with van der Waals surface area (Å²) in [6.45, 7) is 20.2. The zero-order chi connectivity index (χ0) is 29.1. The molecule has 1 aromatic heterocycles. The van der Waals surface area contributed by atoms with Crippen molar-refractivity contribution in [2.24, 2.45) is 5.10 Å². The second-order valence-electron chi connectivity index (χ2n) is 11.3. The fourth-order valence-corrected chi connectivity index (χ4v) is 17.8. The van der Waals surface area contributed by atoms with Crippen LogP contribution in [0, 0.1) is 0 Å². The van der Waals surface area contributed by atoms with Crippen LogP contribution in [-0.4, -0.2) is 47.2 Å². The Morgan fingerprint density at radius 3 is 2.13 bits per heavy atom. The molecule has 0 fully saturated rings. The van der Waals surface area contributed by atoms with Gasteiger partial charge in [-0.05, 0) is 39.0 Å². The first kappa shape index (κ1) is 32.7. The van der Waals surface area contributed by atoms with E-state index in [0.29, 0.717) is 16.8 Å². The van der Waals surface area contributed by atoms with E-state index in [1.165, 1.54) is 38.5 Å². The van der Waals surface area contributed by atoms with E-state index in [-0.39, 0.29) is 5.91 Å². The first-order valence-electron chi connectivity index (χ1n) is 14.3. The van der Waals surface area contributed by atoms with Gasteiger partial charge in [-0.3, -0.25) is 10.1 Å². The van der Waals surface area contributed by atoms with Gasteiger partial charge in [-0.25, -0.2) is 10.2 Å². The van der Waals surface area contributed by atoms with Crippen LogP contribution in [0.3, 0.4) is 0 Å². The number of amides is 2. The van der Waals surface area contributed by atoms with Gasteiger partial charge < -0.3 is 9.72 Å². The van der Waals surface area contributed by atoms with Gasteiger partial charge in [0.15, 0.2) is 0 Å². The first-order chi connectivity index (χ1) is 18.5. The summed E-state index contributed by atoms with van der Waals surface area (Å²) in [5.41, 5.74) is 4.93. The van der Waals surface area contributed by atoms with Gasteiger partial charge in [0, 0.05) is 27.8 Å². The van der Waals surface area contributed by atoms with Crippen molar-refractivity contribution in [1.29, 1.82) is 0 Å². The number of carbonyl (C=O) groups excluding carboxylic acids is 2. The van der Waals surface area contributed by atoms with Crippen molar-refractivity contribution in [2.75, 3.05) is 5.32 Å². The van der Waals surface area contributed by atoms with Crippen LogP contribution >= 0.6 is 0 Å². The molecule has 0 saturated heterocycles. The van der Waals surface area contributed by atoms with Crippen LogP contribution < -0.4 is 10.7 Å². The molecule has 1 aliphatic heterocycles. The van der Waals surface area contributed by atoms with Crippen molar-refractivity contribution in [1.82, 2.24) is 10.4 Å². The van der Waals surface area contributed by atoms with Gasteiger partial charge in [0.25, 0.3) is 5.91 Å². The van der Waals surface area contributed by atoms with Gasteiger partial charge in [0.05, 0.1) is 11.8 Å². The van der Waals surface area contributed by atoms with E-state index in [1.54, 1.807) is 58.5 Å². The third-order valence-corrected chi connectivity index (χ3v) is 21.0. The summed E-state index contributed by atoms with van der Waals surface area (Å²) in [5.74, 6) is -0.350. The van der Waals surface area contributed by atoms with Crippen LogP contribution in [0.1, 0.15) is 102 Å². The van der Waals surface area contributed by atoms with Gasteiger partial charge in [0.2, 0.25) is 0 Å². The van der Waals surface area contributed by atoms with Crippen LogP contribution in [0.4, 0.5) is 10.5 Å². The molecule has 39 heavy (non-hydrogen) atoms. The van der Waals surface area contributed by atoms with E-state index in [0.717, 1.165) is 16.6 Å². The molecule has 0 saturated carbocycles. The quantitative estimate of drug-likeness (QED) is 0.202. The summed E-state index contributed by atoms with van der Waals surface area (Å²) in [5, 5.41) is 7.29. The standard InChI is InChI=1S/C17H18N4O3.3C4H9.C2H3.Sn/c1-5-12-11-8-18-21-15(22)10-6-9(7-13(20-12)14(10)11)19-16(23)24-17(2,3)4;3*1-3-4-2;1-2;/h5-8,20H,1H2,2-4H3,(H,19,23)(H,21,22);3*1,3-4H2,2H3;1H,2H2;. The Hall–Kier alpha value is -2.55. The van der Waals surface area contributed by atoms with Crippen molar-refractivity contribution in [3.8, 4) is 0 Å². The average Bonchev–Trinajstić information content (AvgIpc) is 3.15. The summed E-state index contributed by atoms with van der Waals surface area (Å²) >= 11 is -1.85. The number of H-pyrrole nitrogens is 1. The molecule has 0 spiro atoms. The van der Waals surface area contributed by atoms with Crippen LogP contribution in [0.15, 0.2) is 34.5 Å². The van der Waals surface area contributed by atoms with E-state index in [9.17, 15) is 9.59 Å². The maximum atomic E-state index is 12.2. The number of rotatable bonds is 12. The van der Waals surface area contributed by atoms with Gasteiger partial charge in [-0.2, -0.15) is 5.10 Å². The zero-order valence-electron chi connectivity index (χ0n) is 24.8. The Kier molecular flexibility index (Phi) is 12.8. The van der Waals surface area contributed by atoms with Crippen molar-refractivity contribution in [3.63, 3.8) is 0 Å². The summed E-state index contributed by atoms with van der Waals surface area (Å²) in [6, 6.07) is 3.34. The molecule has 2 heterocycles. The molecule has 0 unspecified atom stereocenters. The number of hydrogen-bond acceptors (Lipinski definition) is 4. The van der Waals surface area contributed by atoms with Crippen LogP contribution in [0.5, 0.6) is 0 Å². The number of hydrogen-bond donors (Lipinski definition) is 3. The second kappa shape index (κ2) is 15.3. The van der Waals surface area contributed by atoms with Gasteiger partial charge in [-0.15, -0.1) is 0 Å². The third kappa shape index (κ3) is 9.55. The number of unbranched alkanes of at least 4 members (excludes halogenated alkanes) is 3. The Morgan fingerprint density at radius 1 is 1.05 bits per heavy atom. The maximum absolute atomic E-state index is 12.2. The van der Waals surface area contributed by atoms with Gasteiger partial charge >= 0.3 is 108 Å². The van der Waals surface area contributed by atoms with Crippen LogP contribution in [0.25, 0.3) is 17.0 Å². The van der Waals surface area contributed by atoms with E-state index < -0.39 is 30.1 Å². The predicted molar refractivity (Wildman–Crippen MR) is 168 cm³/mol. The topological polar surface area (TPSA) is 95.6 Å². The molecule has 0 atom stereocenters. The molecule has 0 bridgehead atoms. The summed E-state index contributed by atoms with van der Waals surface area (Å²) in [4.78, 5) is 27.4. The Morgan fingerprint density at radius 2 is 1.64 bits per heavy atom. The molecule has 1 aliphatic rings. The molecule has 8 heteroatoms. The Balaban J connectivity index is 0.000000309. The molecule has 214 valence electrons. The molecule has 2 amide bonds. The Labute approximate surface area is 238 Å². The summed E-state index contributed by atoms with van der Waals surface area (Å²) < 4.78 is 12.4. The van der Waals surface area contributed by atoms with Gasteiger partial charge in [-0.1, -0.05) is 6.58 Å². The number of aromatic nitrogens is 1. The number of anilines is 1. The van der Waals surface area contributed by atoms with Crippen molar-refractivity contribution in [3.05, 3.63) is 46.2 Å². The molecule has 3 N–H and O–H groups in total. The molecule has 0 radical (unpaired) electrons.